The van der Waals surface area contributed by atoms with Crippen LogP contribution in [0.1, 0.15) is 54.2 Å². The molecule has 0 aliphatic heterocycles. The molecule has 0 saturated carbocycles. The minimum Gasteiger partial charge on any atom is -0.352 e. The average Bonchev–Trinajstić information content (AvgIpc) is 2.85. The van der Waals surface area contributed by atoms with Crippen molar-refractivity contribution in [1.82, 2.24) is 10.2 Å². The van der Waals surface area contributed by atoms with E-state index in [-0.39, 0.29) is 36.4 Å². The molecule has 0 heterocycles. The summed E-state index contributed by atoms with van der Waals surface area (Å²) >= 11 is 0. The number of carbonyl (C=O) groups excluding carboxylic acids is 3. The number of hydrogen-bond donors (Lipinski definition) is 2. The summed E-state index contributed by atoms with van der Waals surface area (Å²) in [6, 6.07) is 19.4. The Balaban J connectivity index is 1.66. The molecular formula is C28H29F2N3O3. The van der Waals surface area contributed by atoms with E-state index >= 15 is 0 Å². The molecule has 2 N–H and O–H groups in total. The summed E-state index contributed by atoms with van der Waals surface area (Å²) in [6.07, 6.45) is 0.506. The smallest absolute Gasteiger partial charge is 0.254 e. The van der Waals surface area contributed by atoms with Crippen molar-refractivity contribution >= 4 is 23.4 Å². The number of carbonyl (C=O) groups is 3. The standard InChI is InChI=1S/C28H29F2N3O3/c1-19(22-10-6-11-24(16-22)32-20(2)34)33(18-21-8-4-3-5-9-21)27(35)12-7-15-31-28(36)25-14-13-23(29)17-26(25)30/h3-6,8-11,13-14,16-17,19H,7,12,15,18H2,1-2H3,(H,31,36)(H,32,34). The van der Waals surface area contributed by atoms with Crippen molar-refractivity contribution < 1.29 is 23.2 Å². The fraction of sp³-hybridized carbons (Fsp3) is 0.250. The van der Waals surface area contributed by atoms with Crippen molar-refractivity contribution in [2.75, 3.05) is 11.9 Å². The summed E-state index contributed by atoms with van der Waals surface area (Å²) in [4.78, 5) is 38.7. The topological polar surface area (TPSA) is 78.5 Å². The lowest BCUT2D eigenvalue weighted by atomic mass is 10.0. The molecule has 1 unspecified atom stereocenters. The molecule has 188 valence electrons. The van der Waals surface area contributed by atoms with Gasteiger partial charge in [-0.1, -0.05) is 42.5 Å². The molecule has 0 spiro atoms. The van der Waals surface area contributed by atoms with Gasteiger partial charge in [0.15, 0.2) is 0 Å². The number of hydrogen-bond acceptors (Lipinski definition) is 3. The Hall–Kier alpha value is -4.07. The largest absolute Gasteiger partial charge is 0.352 e. The van der Waals surface area contributed by atoms with Gasteiger partial charge >= 0.3 is 0 Å². The summed E-state index contributed by atoms with van der Waals surface area (Å²) in [5, 5.41) is 5.34. The first kappa shape index (κ1) is 26.5. The summed E-state index contributed by atoms with van der Waals surface area (Å²) in [5.74, 6) is -2.65. The summed E-state index contributed by atoms with van der Waals surface area (Å²) in [5.41, 5.74) is 2.23. The number of amides is 3. The van der Waals surface area contributed by atoms with Gasteiger partial charge in [0.1, 0.15) is 11.6 Å². The van der Waals surface area contributed by atoms with E-state index in [0.717, 1.165) is 23.3 Å². The second kappa shape index (κ2) is 12.6. The second-order valence-corrected chi connectivity index (χ2v) is 8.47. The van der Waals surface area contributed by atoms with Gasteiger partial charge in [0.25, 0.3) is 5.91 Å². The summed E-state index contributed by atoms with van der Waals surface area (Å²) in [7, 11) is 0. The van der Waals surface area contributed by atoms with Crippen LogP contribution in [0.3, 0.4) is 0 Å². The number of halogens is 2. The van der Waals surface area contributed by atoms with Crippen molar-refractivity contribution in [2.24, 2.45) is 0 Å². The Morgan fingerprint density at radius 3 is 2.39 bits per heavy atom. The monoisotopic (exact) mass is 493 g/mol. The third-order valence-electron chi connectivity index (χ3n) is 5.70. The first-order valence-corrected chi connectivity index (χ1v) is 11.7. The predicted octanol–water partition coefficient (Wildman–Crippen LogP) is 5.22. The van der Waals surface area contributed by atoms with Crippen LogP contribution in [-0.4, -0.2) is 29.2 Å². The first-order valence-electron chi connectivity index (χ1n) is 11.7. The molecule has 0 aliphatic rings. The molecule has 8 heteroatoms. The number of rotatable bonds is 10. The lowest BCUT2D eigenvalue weighted by molar-refractivity contribution is -0.134. The molecule has 0 fully saturated rings. The van der Waals surface area contributed by atoms with Crippen LogP contribution in [0.15, 0.2) is 72.8 Å². The van der Waals surface area contributed by atoms with E-state index in [1.165, 1.54) is 6.92 Å². The van der Waals surface area contributed by atoms with Crippen LogP contribution in [0.4, 0.5) is 14.5 Å². The highest BCUT2D eigenvalue weighted by Gasteiger charge is 2.22. The summed E-state index contributed by atoms with van der Waals surface area (Å²) in [6.45, 7) is 3.91. The maximum absolute atomic E-state index is 13.8. The van der Waals surface area contributed by atoms with Crippen LogP contribution in [0.2, 0.25) is 0 Å². The van der Waals surface area contributed by atoms with E-state index in [2.05, 4.69) is 10.6 Å². The lowest BCUT2D eigenvalue weighted by Gasteiger charge is -2.30. The van der Waals surface area contributed by atoms with Gasteiger partial charge < -0.3 is 15.5 Å². The van der Waals surface area contributed by atoms with Crippen LogP contribution < -0.4 is 10.6 Å². The van der Waals surface area contributed by atoms with E-state index in [9.17, 15) is 23.2 Å². The van der Waals surface area contributed by atoms with Gasteiger partial charge in [-0.05, 0) is 48.7 Å². The van der Waals surface area contributed by atoms with Gasteiger partial charge in [-0.15, -0.1) is 0 Å². The van der Waals surface area contributed by atoms with Crippen LogP contribution in [0.5, 0.6) is 0 Å². The average molecular weight is 494 g/mol. The van der Waals surface area contributed by atoms with Crippen molar-refractivity contribution in [3.05, 3.63) is 101 Å². The Bertz CT molecular complexity index is 1220. The van der Waals surface area contributed by atoms with E-state index < -0.39 is 17.5 Å². The van der Waals surface area contributed by atoms with Crippen molar-refractivity contribution in [3.63, 3.8) is 0 Å². The van der Waals surface area contributed by atoms with Gasteiger partial charge in [0.2, 0.25) is 11.8 Å². The maximum Gasteiger partial charge on any atom is 0.254 e. The van der Waals surface area contributed by atoms with Crippen molar-refractivity contribution in [2.45, 2.75) is 39.3 Å². The molecule has 0 bridgehead atoms. The maximum atomic E-state index is 13.8. The van der Waals surface area contributed by atoms with Crippen molar-refractivity contribution in [1.29, 1.82) is 0 Å². The minimum atomic E-state index is -0.937. The van der Waals surface area contributed by atoms with Gasteiger partial charge in [-0.25, -0.2) is 8.78 Å². The molecule has 3 aromatic rings. The number of nitrogens with one attached hydrogen (secondary N) is 2. The Kier molecular flexibility index (Phi) is 9.27. The van der Waals surface area contributed by atoms with E-state index in [0.29, 0.717) is 24.7 Å². The van der Waals surface area contributed by atoms with E-state index in [4.69, 9.17) is 0 Å². The fourth-order valence-electron chi connectivity index (χ4n) is 3.83. The number of anilines is 1. The van der Waals surface area contributed by atoms with Gasteiger partial charge in [-0.2, -0.15) is 0 Å². The highest BCUT2D eigenvalue weighted by Crippen LogP contribution is 2.26. The molecule has 0 aliphatic carbocycles. The van der Waals surface area contributed by atoms with Gasteiger partial charge in [0, 0.05) is 38.2 Å². The zero-order chi connectivity index (χ0) is 26.1. The first-order chi connectivity index (χ1) is 17.2. The molecule has 3 amide bonds. The van der Waals surface area contributed by atoms with Crippen LogP contribution in [0, 0.1) is 11.6 Å². The van der Waals surface area contributed by atoms with Crippen LogP contribution in [-0.2, 0) is 16.1 Å². The van der Waals surface area contributed by atoms with Crippen LogP contribution in [0.25, 0.3) is 0 Å². The summed E-state index contributed by atoms with van der Waals surface area (Å²) < 4.78 is 26.9. The molecule has 3 rings (SSSR count). The molecule has 0 radical (unpaired) electrons. The Morgan fingerprint density at radius 1 is 0.944 bits per heavy atom. The van der Waals surface area contributed by atoms with Crippen molar-refractivity contribution in [3.8, 4) is 0 Å². The molecule has 36 heavy (non-hydrogen) atoms. The normalized spacial score (nSPS) is 11.4. The molecule has 3 aromatic carbocycles. The molecule has 0 saturated heterocycles. The van der Waals surface area contributed by atoms with E-state index in [1.54, 1.807) is 11.0 Å². The molecule has 6 nitrogen and oxygen atoms in total. The third kappa shape index (κ3) is 7.46. The minimum absolute atomic E-state index is 0.113. The Morgan fingerprint density at radius 2 is 1.69 bits per heavy atom. The van der Waals surface area contributed by atoms with Crippen LogP contribution >= 0.6 is 0 Å². The fourth-order valence-corrected chi connectivity index (χ4v) is 3.83. The number of benzene rings is 3. The SMILES string of the molecule is CC(=O)Nc1cccc(C(C)N(Cc2ccccc2)C(=O)CCCNC(=O)c2ccc(F)cc2F)c1. The highest BCUT2D eigenvalue weighted by molar-refractivity contribution is 5.94. The van der Waals surface area contributed by atoms with E-state index in [1.807, 2.05) is 55.5 Å². The zero-order valence-electron chi connectivity index (χ0n) is 20.3. The Labute approximate surface area is 209 Å². The molecular weight excluding hydrogens is 464 g/mol. The second-order valence-electron chi connectivity index (χ2n) is 8.47. The predicted molar refractivity (Wildman–Crippen MR) is 134 cm³/mol. The highest BCUT2D eigenvalue weighted by atomic mass is 19.1. The third-order valence-corrected chi connectivity index (χ3v) is 5.70. The number of nitrogens with zero attached hydrogens (tertiary/aromatic N) is 1. The lowest BCUT2D eigenvalue weighted by Crippen LogP contribution is -2.34. The van der Waals surface area contributed by atoms with Gasteiger partial charge in [0.05, 0.1) is 11.6 Å². The molecule has 1 atom stereocenters. The molecule has 0 aromatic heterocycles. The van der Waals surface area contributed by atoms with Gasteiger partial charge in [-0.3, -0.25) is 14.4 Å². The zero-order valence-corrected chi connectivity index (χ0v) is 20.3. The quantitative estimate of drug-likeness (QED) is 0.380.